The molecule has 0 aromatic rings. The fourth-order valence-corrected chi connectivity index (χ4v) is 4.18. The summed E-state index contributed by atoms with van der Waals surface area (Å²) in [6.07, 6.45) is 9.60. The van der Waals surface area contributed by atoms with Crippen LogP contribution in [0.3, 0.4) is 0 Å². The summed E-state index contributed by atoms with van der Waals surface area (Å²) in [5.41, 5.74) is 2.60. The van der Waals surface area contributed by atoms with Gasteiger partial charge < -0.3 is 20.1 Å². The van der Waals surface area contributed by atoms with E-state index in [9.17, 15) is 15.0 Å². The highest BCUT2D eigenvalue weighted by Crippen LogP contribution is 2.43. The summed E-state index contributed by atoms with van der Waals surface area (Å²) in [7, 11) is 0. The molecule has 1 aliphatic heterocycles. The largest absolute Gasteiger partial charge is 0.477 e. The number of rotatable bonds is 11. The number of epoxide rings is 1. The number of carboxylic acid groups (broad SMARTS) is 1. The van der Waals surface area contributed by atoms with Gasteiger partial charge in [0.15, 0.2) is 0 Å². The van der Waals surface area contributed by atoms with Gasteiger partial charge in [-0.3, -0.25) is 0 Å². The lowest BCUT2D eigenvalue weighted by Gasteiger charge is -2.16. The molecule has 2 rings (SSSR count). The fraction of sp³-hybridized carbons (Fsp3) is 0.720. The molecule has 2 unspecified atom stereocenters. The SMILES string of the molecule is C=C1CC[C@H](C#CCCC(C)CCC=C(C)C)[C@H]1C[C@H]1OC1CCC(O)(O)C(=O)O. The van der Waals surface area contributed by atoms with Gasteiger partial charge in [-0.15, -0.1) is 5.92 Å². The van der Waals surface area contributed by atoms with Crippen LogP contribution in [0.4, 0.5) is 0 Å². The molecule has 0 aromatic carbocycles. The normalized spacial score (nSPS) is 26.6. The Morgan fingerprint density at radius 2 is 2.07 bits per heavy atom. The number of aliphatic carboxylic acids is 1. The molecule has 30 heavy (non-hydrogen) atoms. The van der Waals surface area contributed by atoms with Crippen LogP contribution >= 0.6 is 0 Å². The van der Waals surface area contributed by atoms with Crippen molar-refractivity contribution in [2.45, 2.75) is 96.6 Å². The van der Waals surface area contributed by atoms with Gasteiger partial charge in [-0.05, 0) is 70.6 Å². The van der Waals surface area contributed by atoms with Gasteiger partial charge in [0.2, 0.25) is 0 Å². The van der Waals surface area contributed by atoms with E-state index in [-0.39, 0.29) is 18.6 Å². The van der Waals surface area contributed by atoms with Gasteiger partial charge in [-0.25, -0.2) is 4.79 Å². The molecule has 0 spiro atoms. The Morgan fingerprint density at radius 1 is 1.33 bits per heavy atom. The standard InChI is InChI=1S/C25H38O5/c1-17(2)8-7-10-18(3)9-5-6-11-20-13-12-19(4)21(20)16-23-22(30-23)14-15-25(28,29)24(26)27/h8,18,20-23,28-29H,4-5,7,9-10,12-16H2,1-3H3,(H,26,27)/t18?,20-,21-,22?,23+/m0/s1. The summed E-state index contributed by atoms with van der Waals surface area (Å²) in [5.74, 6) is 3.88. The maximum Gasteiger partial charge on any atom is 0.364 e. The first-order chi connectivity index (χ1) is 14.1. The lowest BCUT2D eigenvalue weighted by atomic mass is 9.88. The summed E-state index contributed by atoms with van der Waals surface area (Å²) >= 11 is 0. The Balaban J connectivity index is 1.73. The van der Waals surface area contributed by atoms with E-state index in [1.807, 2.05) is 0 Å². The molecular weight excluding hydrogens is 380 g/mol. The minimum atomic E-state index is -2.68. The molecule has 5 atom stereocenters. The van der Waals surface area contributed by atoms with Crippen LogP contribution in [-0.2, 0) is 9.53 Å². The first-order valence-electron chi connectivity index (χ1n) is 11.2. The van der Waals surface area contributed by atoms with E-state index in [1.54, 1.807) is 0 Å². The first kappa shape index (κ1) is 24.7. The van der Waals surface area contributed by atoms with Gasteiger partial charge >= 0.3 is 5.97 Å². The third kappa shape index (κ3) is 7.91. The van der Waals surface area contributed by atoms with Gasteiger partial charge in [-0.2, -0.15) is 0 Å². The Bertz CT molecular complexity index is 692. The molecule has 1 saturated heterocycles. The van der Waals surface area contributed by atoms with Crippen LogP contribution in [0.2, 0.25) is 0 Å². The molecule has 0 aromatic heterocycles. The van der Waals surface area contributed by atoms with E-state index < -0.39 is 11.8 Å². The summed E-state index contributed by atoms with van der Waals surface area (Å²) in [4.78, 5) is 10.8. The van der Waals surface area contributed by atoms with Crippen LogP contribution < -0.4 is 0 Å². The second-order valence-corrected chi connectivity index (χ2v) is 9.34. The van der Waals surface area contributed by atoms with Crippen LogP contribution in [0.25, 0.3) is 0 Å². The van der Waals surface area contributed by atoms with E-state index in [0.717, 1.165) is 38.5 Å². The van der Waals surface area contributed by atoms with E-state index in [1.165, 1.54) is 17.6 Å². The van der Waals surface area contributed by atoms with Crippen LogP contribution in [0.15, 0.2) is 23.8 Å². The van der Waals surface area contributed by atoms with Crippen molar-refractivity contribution < 1.29 is 24.9 Å². The minimum absolute atomic E-state index is 0.0360. The second kappa shape index (κ2) is 11.1. The minimum Gasteiger partial charge on any atom is -0.477 e. The number of aliphatic hydroxyl groups is 2. The molecule has 2 fully saturated rings. The Kier molecular flexibility index (Phi) is 9.15. The van der Waals surface area contributed by atoms with E-state index in [0.29, 0.717) is 24.2 Å². The number of hydrogen-bond donors (Lipinski definition) is 3. The van der Waals surface area contributed by atoms with Gasteiger partial charge in [0, 0.05) is 18.8 Å². The van der Waals surface area contributed by atoms with Gasteiger partial charge in [0.05, 0.1) is 12.2 Å². The molecule has 168 valence electrons. The number of allylic oxidation sites excluding steroid dienone is 3. The van der Waals surface area contributed by atoms with Crippen molar-refractivity contribution in [1.82, 2.24) is 0 Å². The second-order valence-electron chi connectivity index (χ2n) is 9.34. The smallest absolute Gasteiger partial charge is 0.364 e. The van der Waals surface area contributed by atoms with Crippen LogP contribution in [0, 0.1) is 29.6 Å². The van der Waals surface area contributed by atoms with Crippen LogP contribution in [-0.4, -0.2) is 39.3 Å². The number of hydrogen-bond acceptors (Lipinski definition) is 4. The molecule has 1 aliphatic carbocycles. The Hall–Kier alpha value is -1.61. The monoisotopic (exact) mass is 418 g/mol. The number of carboxylic acids is 1. The topological polar surface area (TPSA) is 90.3 Å². The molecule has 5 heteroatoms. The zero-order valence-electron chi connectivity index (χ0n) is 18.7. The maximum absolute atomic E-state index is 10.8. The quantitative estimate of drug-likeness (QED) is 0.200. The molecule has 1 saturated carbocycles. The lowest BCUT2D eigenvalue weighted by molar-refractivity contribution is -0.205. The zero-order valence-corrected chi connectivity index (χ0v) is 18.7. The molecule has 5 nitrogen and oxygen atoms in total. The van der Waals surface area contributed by atoms with Crippen molar-refractivity contribution in [3.8, 4) is 11.8 Å². The molecule has 0 bridgehead atoms. The highest BCUT2D eigenvalue weighted by Gasteiger charge is 2.45. The third-order valence-corrected chi connectivity index (χ3v) is 6.34. The van der Waals surface area contributed by atoms with E-state index >= 15 is 0 Å². The van der Waals surface area contributed by atoms with Crippen molar-refractivity contribution >= 4 is 5.97 Å². The molecule has 1 heterocycles. The van der Waals surface area contributed by atoms with Crippen LogP contribution in [0.5, 0.6) is 0 Å². The van der Waals surface area contributed by atoms with Crippen LogP contribution in [0.1, 0.15) is 78.6 Å². The van der Waals surface area contributed by atoms with E-state index in [4.69, 9.17) is 9.84 Å². The zero-order chi connectivity index (χ0) is 22.3. The van der Waals surface area contributed by atoms with Crippen molar-refractivity contribution in [2.24, 2.45) is 17.8 Å². The molecule has 0 amide bonds. The molecule has 2 aliphatic rings. The molecular formula is C25H38O5. The molecule has 0 radical (unpaired) electrons. The summed E-state index contributed by atoms with van der Waals surface area (Å²) in [6, 6.07) is 0. The summed E-state index contributed by atoms with van der Waals surface area (Å²) < 4.78 is 5.65. The Morgan fingerprint density at radius 3 is 2.73 bits per heavy atom. The van der Waals surface area contributed by atoms with Gasteiger partial charge in [0.1, 0.15) is 0 Å². The van der Waals surface area contributed by atoms with Gasteiger partial charge in [-0.1, -0.05) is 36.6 Å². The van der Waals surface area contributed by atoms with Gasteiger partial charge in [0.25, 0.3) is 5.79 Å². The molecule has 3 N–H and O–H groups in total. The lowest BCUT2D eigenvalue weighted by Crippen LogP contribution is -2.38. The first-order valence-corrected chi connectivity index (χ1v) is 11.2. The Labute approximate surface area is 181 Å². The number of ether oxygens (including phenoxy) is 1. The van der Waals surface area contributed by atoms with Crippen molar-refractivity contribution in [3.05, 3.63) is 23.8 Å². The summed E-state index contributed by atoms with van der Waals surface area (Å²) in [6.45, 7) is 10.8. The predicted molar refractivity (Wildman–Crippen MR) is 118 cm³/mol. The number of carbonyl (C=O) groups is 1. The van der Waals surface area contributed by atoms with E-state index in [2.05, 4.69) is 45.3 Å². The fourth-order valence-electron chi connectivity index (χ4n) is 4.18. The van der Waals surface area contributed by atoms with Crippen molar-refractivity contribution in [1.29, 1.82) is 0 Å². The highest BCUT2D eigenvalue weighted by atomic mass is 16.6. The van der Waals surface area contributed by atoms with Crippen molar-refractivity contribution in [3.63, 3.8) is 0 Å². The average molecular weight is 419 g/mol. The van der Waals surface area contributed by atoms with Crippen molar-refractivity contribution in [2.75, 3.05) is 0 Å². The maximum atomic E-state index is 10.8. The predicted octanol–water partition coefficient (Wildman–Crippen LogP) is 4.44. The summed E-state index contributed by atoms with van der Waals surface area (Å²) in [5, 5.41) is 27.6. The average Bonchev–Trinajstić information content (AvgIpc) is 3.32. The third-order valence-electron chi connectivity index (χ3n) is 6.34. The highest BCUT2D eigenvalue weighted by molar-refractivity contribution is 5.74.